The van der Waals surface area contributed by atoms with Crippen molar-refractivity contribution in [3.8, 4) is 0 Å². The van der Waals surface area contributed by atoms with Crippen LogP contribution in [0.4, 0.5) is 5.95 Å². The van der Waals surface area contributed by atoms with Crippen molar-refractivity contribution in [2.45, 2.75) is 20.4 Å². The summed E-state index contributed by atoms with van der Waals surface area (Å²) >= 11 is 0. The minimum absolute atomic E-state index is 0.502. The molecule has 1 aromatic rings. The van der Waals surface area contributed by atoms with Crippen LogP contribution < -0.4 is 10.6 Å². The molecule has 0 aromatic carbocycles. The lowest BCUT2D eigenvalue weighted by Gasteiger charge is -2.35. The van der Waals surface area contributed by atoms with E-state index in [0.29, 0.717) is 6.54 Å². The van der Waals surface area contributed by atoms with Crippen LogP contribution in [-0.4, -0.2) is 47.6 Å². The molecule has 0 saturated carbocycles. The van der Waals surface area contributed by atoms with E-state index in [4.69, 9.17) is 5.73 Å². The van der Waals surface area contributed by atoms with Crippen LogP contribution in [0.3, 0.4) is 0 Å². The number of aromatic nitrogens is 2. The molecule has 2 heterocycles. The second-order valence-electron chi connectivity index (χ2n) is 5.28. The van der Waals surface area contributed by atoms with E-state index in [0.717, 1.165) is 43.6 Å². The van der Waals surface area contributed by atoms with Crippen LogP contribution >= 0.6 is 0 Å². The highest BCUT2D eigenvalue weighted by Crippen LogP contribution is 2.11. The Labute approximate surface area is 109 Å². The van der Waals surface area contributed by atoms with Crippen LogP contribution in [0.2, 0.25) is 0 Å². The second kappa shape index (κ2) is 6.11. The first kappa shape index (κ1) is 13.2. The first-order valence-electron chi connectivity index (χ1n) is 6.67. The van der Waals surface area contributed by atoms with Crippen molar-refractivity contribution in [3.63, 3.8) is 0 Å². The summed E-state index contributed by atoms with van der Waals surface area (Å²) in [6.45, 7) is 10.4. The van der Waals surface area contributed by atoms with Crippen LogP contribution in [0.25, 0.3) is 0 Å². The maximum Gasteiger partial charge on any atom is 0.225 e. The predicted molar refractivity (Wildman–Crippen MR) is 73.4 cm³/mol. The minimum Gasteiger partial charge on any atom is -0.338 e. The van der Waals surface area contributed by atoms with Gasteiger partial charge in [0.05, 0.1) is 0 Å². The molecule has 2 N–H and O–H groups in total. The Hall–Kier alpha value is -1.20. The molecule has 100 valence electrons. The molecule has 0 bridgehead atoms. The Morgan fingerprint density at radius 2 is 1.78 bits per heavy atom. The summed E-state index contributed by atoms with van der Waals surface area (Å²) in [7, 11) is 0. The quantitative estimate of drug-likeness (QED) is 0.852. The van der Waals surface area contributed by atoms with Crippen LogP contribution in [0.15, 0.2) is 12.4 Å². The minimum atomic E-state index is 0.502. The average Bonchev–Trinajstić information content (AvgIpc) is 2.39. The van der Waals surface area contributed by atoms with Crippen LogP contribution in [-0.2, 0) is 6.54 Å². The van der Waals surface area contributed by atoms with Crippen molar-refractivity contribution >= 4 is 5.95 Å². The van der Waals surface area contributed by atoms with E-state index in [1.165, 1.54) is 6.54 Å². The summed E-state index contributed by atoms with van der Waals surface area (Å²) in [6.07, 6.45) is 3.64. The molecular weight excluding hydrogens is 226 g/mol. The highest BCUT2D eigenvalue weighted by Gasteiger charge is 2.19. The average molecular weight is 249 g/mol. The van der Waals surface area contributed by atoms with E-state index in [1.807, 2.05) is 12.4 Å². The van der Waals surface area contributed by atoms with Gasteiger partial charge in [0.2, 0.25) is 5.95 Å². The standard InChI is InChI=1S/C13H23N5/c1-11(2)10-17-3-5-18(6-4-17)13-15-8-12(7-14)9-16-13/h8-9,11H,3-7,10,14H2,1-2H3. The number of anilines is 1. The molecule has 1 aliphatic rings. The summed E-state index contributed by atoms with van der Waals surface area (Å²) in [5.74, 6) is 1.56. The molecule has 18 heavy (non-hydrogen) atoms. The lowest BCUT2D eigenvalue weighted by atomic mass is 10.2. The van der Waals surface area contributed by atoms with Crippen LogP contribution in [0.1, 0.15) is 19.4 Å². The second-order valence-corrected chi connectivity index (χ2v) is 5.28. The molecule has 1 saturated heterocycles. The highest BCUT2D eigenvalue weighted by molar-refractivity contribution is 5.30. The summed E-state index contributed by atoms with van der Waals surface area (Å²) in [5, 5.41) is 0. The third-order valence-corrected chi connectivity index (χ3v) is 3.21. The van der Waals surface area contributed by atoms with Gasteiger partial charge in [-0.25, -0.2) is 9.97 Å². The van der Waals surface area contributed by atoms with Gasteiger partial charge >= 0.3 is 0 Å². The summed E-state index contributed by atoms with van der Waals surface area (Å²) in [4.78, 5) is 13.5. The van der Waals surface area contributed by atoms with Gasteiger partial charge in [-0.05, 0) is 5.92 Å². The summed E-state index contributed by atoms with van der Waals surface area (Å²) in [6, 6.07) is 0. The van der Waals surface area contributed by atoms with Gasteiger partial charge in [-0.3, -0.25) is 4.90 Å². The molecule has 1 aliphatic heterocycles. The first-order valence-corrected chi connectivity index (χ1v) is 6.67. The first-order chi connectivity index (χ1) is 8.69. The summed E-state index contributed by atoms with van der Waals surface area (Å²) in [5.41, 5.74) is 6.53. The largest absolute Gasteiger partial charge is 0.338 e. The van der Waals surface area contributed by atoms with E-state index in [9.17, 15) is 0 Å². The van der Waals surface area contributed by atoms with Crippen molar-refractivity contribution in [2.75, 3.05) is 37.6 Å². The molecule has 5 nitrogen and oxygen atoms in total. The van der Waals surface area contributed by atoms with Gasteiger partial charge < -0.3 is 10.6 Å². The molecule has 0 atom stereocenters. The Morgan fingerprint density at radius 1 is 1.17 bits per heavy atom. The lowest BCUT2D eigenvalue weighted by Crippen LogP contribution is -2.48. The van der Waals surface area contributed by atoms with Crippen molar-refractivity contribution in [1.29, 1.82) is 0 Å². The number of nitrogens with two attached hydrogens (primary N) is 1. The monoisotopic (exact) mass is 249 g/mol. The third-order valence-electron chi connectivity index (χ3n) is 3.21. The molecule has 0 amide bonds. The molecule has 0 unspecified atom stereocenters. The summed E-state index contributed by atoms with van der Waals surface area (Å²) < 4.78 is 0. The SMILES string of the molecule is CC(C)CN1CCN(c2ncc(CN)cn2)CC1. The van der Waals surface area contributed by atoms with Gasteiger partial charge in [0.25, 0.3) is 0 Å². The Balaban J connectivity index is 1.88. The van der Waals surface area contributed by atoms with Gasteiger partial charge in [-0.1, -0.05) is 13.8 Å². The highest BCUT2D eigenvalue weighted by atomic mass is 15.3. The van der Waals surface area contributed by atoms with Gasteiger partial charge in [0.1, 0.15) is 0 Å². The molecule has 1 aromatic heterocycles. The van der Waals surface area contributed by atoms with Gasteiger partial charge in [0.15, 0.2) is 0 Å². The number of rotatable bonds is 4. The maximum absolute atomic E-state index is 5.54. The van der Waals surface area contributed by atoms with Gasteiger partial charge in [-0.2, -0.15) is 0 Å². The maximum atomic E-state index is 5.54. The lowest BCUT2D eigenvalue weighted by molar-refractivity contribution is 0.230. The number of piperazine rings is 1. The van der Waals surface area contributed by atoms with Crippen LogP contribution in [0.5, 0.6) is 0 Å². The van der Waals surface area contributed by atoms with Crippen LogP contribution in [0, 0.1) is 5.92 Å². The van der Waals surface area contributed by atoms with Crippen molar-refractivity contribution in [3.05, 3.63) is 18.0 Å². The Bertz CT molecular complexity index is 354. The Kier molecular flexibility index (Phi) is 4.49. The van der Waals surface area contributed by atoms with Crippen molar-refractivity contribution < 1.29 is 0 Å². The topological polar surface area (TPSA) is 58.3 Å². The Morgan fingerprint density at radius 3 is 2.28 bits per heavy atom. The molecule has 5 heteroatoms. The number of hydrogen-bond acceptors (Lipinski definition) is 5. The molecule has 1 fully saturated rings. The molecular formula is C13H23N5. The smallest absolute Gasteiger partial charge is 0.225 e. The van der Waals surface area contributed by atoms with E-state index < -0.39 is 0 Å². The third kappa shape index (κ3) is 3.40. The molecule has 0 aliphatic carbocycles. The van der Waals surface area contributed by atoms with Crippen molar-refractivity contribution in [1.82, 2.24) is 14.9 Å². The number of nitrogens with zero attached hydrogens (tertiary/aromatic N) is 4. The fourth-order valence-corrected chi connectivity index (χ4v) is 2.26. The zero-order chi connectivity index (χ0) is 13.0. The van der Waals surface area contributed by atoms with Gasteiger partial charge in [0, 0.05) is 57.2 Å². The van der Waals surface area contributed by atoms with E-state index in [2.05, 4.69) is 33.6 Å². The molecule has 0 spiro atoms. The molecule has 2 rings (SSSR count). The van der Waals surface area contributed by atoms with E-state index in [-0.39, 0.29) is 0 Å². The fourth-order valence-electron chi connectivity index (χ4n) is 2.26. The fraction of sp³-hybridized carbons (Fsp3) is 0.692. The van der Waals surface area contributed by atoms with E-state index in [1.54, 1.807) is 0 Å². The predicted octanol–water partition coefficient (Wildman–Crippen LogP) is 0.713. The number of hydrogen-bond donors (Lipinski definition) is 1. The van der Waals surface area contributed by atoms with Gasteiger partial charge in [-0.15, -0.1) is 0 Å². The van der Waals surface area contributed by atoms with E-state index >= 15 is 0 Å². The zero-order valence-corrected chi connectivity index (χ0v) is 11.3. The molecule has 0 radical (unpaired) electrons. The van der Waals surface area contributed by atoms with Crippen molar-refractivity contribution in [2.24, 2.45) is 11.7 Å². The zero-order valence-electron chi connectivity index (χ0n) is 11.3. The normalized spacial score (nSPS) is 17.4.